The van der Waals surface area contributed by atoms with Crippen LogP contribution in [0, 0.1) is 0 Å². The van der Waals surface area contributed by atoms with Crippen molar-refractivity contribution in [2.24, 2.45) is 0 Å². The number of nitrogen functional groups attached to an aromatic ring is 1. The van der Waals surface area contributed by atoms with Crippen LogP contribution in [-0.2, 0) is 4.74 Å². The van der Waals surface area contributed by atoms with E-state index in [4.69, 9.17) is 15.6 Å². The molecular weight excluding hydrogens is 220 g/mol. The number of aromatic nitrogens is 3. The lowest BCUT2D eigenvalue weighted by Gasteiger charge is -2.14. The maximum atomic E-state index is 9.06. The van der Waals surface area contributed by atoms with Gasteiger partial charge in [0.05, 0.1) is 18.1 Å². The topological polar surface area (TPSA) is 86.2 Å². The van der Waals surface area contributed by atoms with Gasteiger partial charge in [0, 0.05) is 6.20 Å². The molecule has 1 unspecified atom stereocenters. The van der Waals surface area contributed by atoms with Gasteiger partial charge in [0.1, 0.15) is 24.0 Å². The standard InChI is InChI=1S/C11H14N4O2/c12-10-8-3-4-15(11(8)14-6-13-10)9-2-1-7(5-16)17-9/h3-4,6-7,9,16H,1-2,5H2,(H2,12,13,14)/t7-,9?/m0/s1. The summed E-state index contributed by atoms with van der Waals surface area (Å²) in [4.78, 5) is 8.18. The molecule has 2 aromatic rings. The molecule has 1 aliphatic rings. The number of aliphatic hydroxyl groups excluding tert-OH is 1. The number of nitrogens with zero attached hydrogens (tertiary/aromatic N) is 3. The van der Waals surface area contributed by atoms with E-state index in [-0.39, 0.29) is 18.9 Å². The number of ether oxygens (including phenoxy) is 1. The summed E-state index contributed by atoms with van der Waals surface area (Å²) in [6.45, 7) is 0.0623. The molecule has 0 amide bonds. The van der Waals surface area contributed by atoms with Crippen molar-refractivity contribution in [3.63, 3.8) is 0 Å². The molecule has 0 bridgehead atoms. The first-order valence-corrected chi connectivity index (χ1v) is 5.63. The number of hydrogen-bond acceptors (Lipinski definition) is 5. The minimum Gasteiger partial charge on any atom is -0.394 e. The zero-order valence-electron chi connectivity index (χ0n) is 9.28. The molecule has 3 N–H and O–H groups in total. The molecule has 6 nitrogen and oxygen atoms in total. The van der Waals surface area contributed by atoms with Crippen LogP contribution < -0.4 is 5.73 Å². The van der Waals surface area contributed by atoms with Crippen LogP contribution in [0.25, 0.3) is 11.0 Å². The van der Waals surface area contributed by atoms with Gasteiger partial charge in [0.25, 0.3) is 0 Å². The van der Waals surface area contributed by atoms with E-state index >= 15 is 0 Å². The molecule has 2 atom stereocenters. The fourth-order valence-electron chi connectivity index (χ4n) is 2.25. The van der Waals surface area contributed by atoms with Gasteiger partial charge in [0.15, 0.2) is 0 Å². The second-order valence-corrected chi connectivity index (χ2v) is 4.19. The Morgan fingerprint density at radius 3 is 3.12 bits per heavy atom. The maximum absolute atomic E-state index is 9.06. The fraction of sp³-hybridized carbons (Fsp3) is 0.455. The Bertz CT molecular complexity index is 539. The molecule has 6 heteroatoms. The first-order valence-electron chi connectivity index (χ1n) is 5.63. The Morgan fingerprint density at radius 2 is 2.35 bits per heavy atom. The molecule has 0 radical (unpaired) electrons. The Morgan fingerprint density at radius 1 is 1.47 bits per heavy atom. The molecule has 1 aliphatic heterocycles. The maximum Gasteiger partial charge on any atom is 0.147 e. The van der Waals surface area contributed by atoms with Crippen LogP contribution in [0.15, 0.2) is 18.6 Å². The molecule has 90 valence electrons. The van der Waals surface area contributed by atoms with Crippen molar-refractivity contribution in [2.75, 3.05) is 12.3 Å². The van der Waals surface area contributed by atoms with E-state index in [2.05, 4.69) is 9.97 Å². The third-order valence-electron chi connectivity index (χ3n) is 3.14. The van der Waals surface area contributed by atoms with Gasteiger partial charge < -0.3 is 20.1 Å². The van der Waals surface area contributed by atoms with E-state index in [0.29, 0.717) is 5.82 Å². The molecule has 2 aromatic heterocycles. The lowest BCUT2D eigenvalue weighted by atomic mass is 10.2. The number of hydrogen-bond donors (Lipinski definition) is 2. The molecule has 17 heavy (non-hydrogen) atoms. The van der Waals surface area contributed by atoms with Crippen LogP contribution in [0.5, 0.6) is 0 Å². The summed E-state index contributed by atoms with van der Waals surface area (Å²) < 4.78 is 7.66. The SMILES string of the molecule is Nc1ncnc2c1ccn2C1CC[C@@H](CO)O1. The minimum absolute atomic E-state index is 0.0623. The summed E-state index contributed by atoms with van der Waals surface area (Å²) in [6, 6.07) is 1.89. The number of rotatable bonds is 2. The van der Waals surface area contributed by atoms with Crippen molar-refractivity contribution >= 4 is 16.9 Å². The van der Waals surface area contributed by atoms with Crippen LogP contribution in [0.2, 0.25) is 0 Å². The van der Waals surface area contributed by atoms with Crippen molar-refractivity contribution in [3.05, 3.63) is 18.6 Å². The number of fused-ring (bicyclic) bond motifs is 1. The number of aliphatic hydroxyl groups is 1. The Labute approximate surface area is 98.0 Å². The first-order chi connectivity index (χ1) is 8.29. The summed E-state index contributed by atoms with van der Waals surface area (Å²) in [5.74, 6) is 0.477. The van der Waals surface area contributed by atoms with Gasteiger partial charge in [-0.2, -0.15) is 0 Å². The molecule has 3 rings (SSSR count). The first kappa shape index (κ1) is 10.5. The smallest absolute Gasteiger partial charge is 0.147 e. The van der Waals surface area contributed by atoms with E-state index in [9.17, 15) is 0 Å². The number of nitrogens with two attached hydrogens (primary N) is 1. The Balaban J connectivity index is 1.99. The van der Waals surface area contributed by atoms with E-state index in [1.807, 2.05) is 16.8 Å². The van der Waals surface area contributed by atoms with Crippen molar-refractivity contribution < 1.29 is 9.84 Å². The highest BCUT2D eigenvalue weighted by Gasteiger charge is 2.27. The second kappa shape index (κ2) is 3.97. The predicted octanol–water partition coefficient (Wildman–Crippen LogP) is 0.683. The summed E-state index contributed by atoms with van der Waals surface area (Å²) in [6.07, 6.45) is 4.95. The second-order valence-electron chi connectivity index (χ2n) is 4.19. The van der Waals surface area contributed by atoms with Gasteiger partial charge in [-0.3, -0.25) is 0 Å². The summed E-state index contributed by atoms with van der Waals surface area (Å²) in [7, 11) is 0. The Hall–Kier alpha value is -1.66. The fourth-order valence-corrected chi connectivity index (χ4v) is 2.25. The minimum atomic E-state index is -0.0726. The van der Waals surface area contributed by atoms with Crippen LogP contribution in [0.1, 0.15) is 19.1 Å². The molecular formula is C11H14N4O2. The van der Waals surface area contributed by atoms with Crippen molar-refractivity contribution in [2.45, 2.75) is 25.2 Å². The van der Waals surface area contributed by atoms with Crippen molar-refractivity contribution in [1.82, 2.24) is 14.5 Å². The summed E-state index contributed by atoms with van der Waals surface area (Å²) in [5.41, 5.74) is 6.56. The Kier molecular flexibility index (Phi) is 2.45. The van der Waals surface area contributed by atoms with Gasteiger partial charge in [-0.1, -0.05) is 0 Å². The molecule has 3 heterocycles. The molecule has 0 aliphatic carbocycles. The summed E-state index contributed by atoms with van der Waals surface area (Å²) in [5, 5.41) is 9.90. The van der Waals surface area contributed by atoms with Gasteiger partial charge >= 0.3 is 0 Å². The van der Waals surface area contributed by atoms with Gasteiger partial charge in [-0.15, -0.1) is 0 Å². The molecule has 0 spiro atoms. The van der Waals surface area contributed by atoms with E-state index in [1.54, 1.807) is 0 Å². The monoisotopic (exact) mass is 234 g/mol. The third kappa shape index (κ3) is 1.65. The van der Waals surface area contributed by atoms with E-state index in [0.717, 1.165) is 23.9 Å². The quantitative estimate of drug-likeness (QED) is 0.798. The molecule has 0 aromatic carbocycles. The van der Waals surface area contributed by atoms with E-state index in [1.165, 1.54) is 6.33 Å². The zero-order valence-corrected chi connectivity index (χ0v) is 9.28. The molecule has 1 saturated heterocycles. The highest BCUT2D eigenvalue weighted by molar-refractivity contribution is 5.86. The predicted molar refractivity (Wildman–Crippen MR) is 62.2 cm³/mol. The van der Waals surface area contributed by atoms with Gasteiger partial charge in [-0.25, -0.2) is 9.97 Å². The molecule has 1 fully saturated rings. The third-order valence-corrected chi connectivity index (χ3v) is 3.14. The summed E-state index contributed by atoms with van der Waals surface area (Å²) >= 11 is 0. The lowest BCUT2D eigenvalue weighted by Crippen LogP contribution is -2.14. The van der Waals surface area contributed by atoms with Crippen molar-refractivity contribution in [1.29, 1.82) is 0 Å². The highest BCUT2D eigenvalue weighted by atomic mass is 16.5. The van der Waals surface area contributed by atoms with Gasteiger partial charge in [0.2, 0.25) is 0 Å². The number of anilines is 1. The van der Waals surface area contributed by atoms with Crippen LogP contribution in [0.4, 0.5) is 5.82 Å². The van der Waals surface area contributed by atoms with Crippen LogP contribution >= 0.6 is 0 Å². The van der Waals surface area contributed by atoms with Crippen molar-refractivity contribution in [3.8, 4) is 0 Å². The largest absolute Gasteiger partial charge is 0.394 e. The van der Waals surface area contributed by atoms with Crippen LogP contribution in [0.3, 0.4) is 0 Å². The zero-order chi connectivity index (χ0) is 11.8. The average molecular weight is 234 g/mol. The van der Waals surface area contributed by atoms with E-state index < -0.39 is 0 Å². The highest BCUT2D eigenvalue weighted by Crippen LogP contribution is 2.31. The average Bonchev–Trinajstić information content (AvgIpc) is 2.94. The van der Waals surface area contributed by atoms with Gasteiger partial charge in [-0.05, 0) is 18.9 Å². The van der Waals surface area contributed by atoms with Crippen LogP contribution in [-0.4, -0.2) is 32.4 Å². The molecule has 0 saturated carbocycles. The normalized spacial score (nSPS) is 24.5. The lowest BCUT2D eigenvalue weighted by molar-refractivity contribution is -0.0204.